The van der Waals surface area contributed by atoms with E-state index in [1.165, 1.54) is 39.7 Å². The molecule has 2 aromatic heterocycles. The van der Waals surface area contributed by atoms with Crippen molar-refractivity contribution >= 4 is 23.7 Å². The Labute approximate surface area is 211 Å². The van der Waals surface area contributed by atoms with Crippen molar-refractivity contribution in [2.75, 3.05) is 13.7 Å². The number of thiophene rings is 1. The number of benzene rings is 2. The lowest BCUT2D eigenvalue weighted by Gasteiger charge is -2.20. The fourth-order valence-electron chi connectivity index (χ4n) is 3.98. The second kappa shape index (κ2) is 10.2. The number of ether oxygens (including phenoxy) is 2. The van der Waals surface area contributed by atoms with E-state index in [1.54, 1.807) is 26.1 Å². The maximum Gasteiger partial charge on any atom is 0.333 e. The number of halogens is 1. The second-order valence-electron chi connectivity index (χ2n) is 7.92. The first-order valence-corrected chi connectivity index (χ1v) is 11.8. The standard InChI is InChI=1S/C26H24FN5O3S/c1-15-25(32(26(33)31(15)3)20-8-7-16(13-28)10-18(20)27)17-11-22(21(34-4)12-19(17)30-2)35-23(14-29)24-6-5-9-36-24/h5-12,23H,2,14,29H2,1,3-4H3. The zero-order valence-electron chi connectivity index (χ0n) is 20.0. The third kappa shape index (κ3) is 4.30. The number of aromatic nitrogens is 2. The summed E-state index contributed by atoms with van der Waals surface area (Å²) >= 11 is 1.52. The van der Waals surface area contributed by atoms with Crippen molar-refractivity contribution in [3.05, 3.63) is 80.3 Å². The zero-order chi connectivity index (χ0) is 26.0. The van der Waals surface area contributed by atoms with Crippen LogP contribution in [-0.4, -0.2) is 29.5 Å². The van der Waals surface area contributed by atoms with E-state index in [9.17, 15) is 4.79 Å². The number of nitriles is 1. The highest BCUT2D eigenvalue weighted by Gasteiger charge is 2.25. The minimum Gasteiger partial charge on any atom is -0.493 e. The van der Waals surface area contributed by atoms with Crippen LogP contribution in [0.4, 0.5) is 10.1 Å². The molecule has 184 valence electrons. The first-order valence-electron chi connectivity index (χ1n) is 10.9. The van der Waals surface area contributed by atoms with Crippen LogP contribution in [0.2, 0.25) is 0 Å². The van der Waals surface area contributed by atoms with Crippen LogP contribution in [0.25, 0.3) is 16.9 Å². The SMILES string of the molecule is C=Nc1cc(OC)c(OC(CN)c2cccs2)cc1-c1c(C)n(C)c(=O)n1-c1ccc(C#N)cc1F. The Balaban J connectivity index is 1.97. The van der Waals surface area contributed by atoms with Crippen LogP contribution in [0.3, 0.4) is 0 Å². The molecule has 8 nitrogen and oxygen atoms in total. The average Bonchev–Trinajstić information content (AvgIpc) is 3.50. The van der Waals surface area contributed by atoms with E-state index in [-0.39, 0.29) is 17.8 Å². The number of methoxy groups -OCH3 is 1. The summed E-state index contributed by atoms with van der Waals surface area (Å²) in [5.41, 5.74) is 7.56. The predicted molar refractivity (Wildman–Crippen MR) is 138 cm³/mol. The largest absolute Gasteiger partial charge is 0.493 e. The van der Waals surface area contributed by atoms with Crippen LogP contribution in [0, 0.1) is 24.1 Å². The first kappa shape index (κ1) is 24.9. The lowest BCUT2D eigenvalue weighted by atomic mass is 10.1. The highest BCUT2D eigenvalue weighted by atomic mass is 32.1. The van der Waals surface area contributed by atoms with Crippen LogP contribution < -0.4 is 20.9 Å². The fraction of sp³-hybridized carbons (Fsp3) is 0.192. The van der Waals surface area contributed by atoms with Gasteiger partial charge in [0.2, 0.25) is 0 Å². The maximum atomic E-state index is 15.1. The Bertz CT molecular complexity index is 1530. The first-order chi connectivity index (χ1) is 17.3. The number of rotatable bonds is 8. The lowest BCUT2D eigenvalue weighted by molar-refractivity contribution is 0.208. The summed E-state index contributed by atoms with van der Waals surface area (Å²) in [6.07, 6.45) is -0.427. The number of hydrogen-bond acceptors (Lipinski definition) is 7. The molecular weight excluding hydrogens is 481 g/mol. The Morgan fingerprint density at radius 2 is 2.06 bits per heavy atom. The summed E-state index contributed by atoms with van der Waals surface area (Å²) < 4.78 is 29.6. The van der Waals surface area contributed by atoms with Crippen LogP contribution in [0.15, 0.2) is 57.6 Å². The Morgan fingerprint density at radius 3 is 2.64 bits per heavy atom. The molecule has 0 spiro atoms. The topological polar surface area (TPSA) is 108 Å². The lowest BCUT2D eigenvalue weighted by Crippen LogP contribution is -2.22. The van der Waals surface area contributed by atoms with Crippen molar-refractivity contribution in [3.63, 3.8) is 0 Å². The van der Waals surface area contributed by atoms with Gasteiger partial charge in [-0.25, -0.2) is 9.18 Å². The van der Waals surface area contributed by atoms with Crippen LogP contribution in [0.1, 0.15) is 22.2 Å². The molecule has 0 fully saturated rings. The van der Waals surface area contributed by atoms with Gasteiger partial charge in [0.1, 0.15) is 11.9 Å². The summed E-state index contributed by atoms with van der Waals surface area (Å²) in [4.78, 5) is 18.3. The molecule has 0 radical (unpaired) electrons. The normalized spacial score (nSPS) is 11.7. The Morgan fingerprint density at radius 1 is 1.28 bits per heavy atom. The maximum absolute atomic E-state index is 15.1. The van der Waals surface area contributed by atoms with Crippen molar-refractivity contribution in [2.24, 2.45) is 17.8 Å². The smallest absolute Gasteiger partial charge is 0.333 e. The van der Waals surface area contributed by atoms with Gasteiger partial charge in [0.15, 0.2) is 11.5 Å². The van der Waals surface area contributed by atoms with Crippen molar-refractivity contribution < 1.29 is 13.9 Å². The minimum atomic E-state index is -0.706. The van der Waals surface area contributed by atoms with E-state index in [2.05, 4.69) is 11.7 Å². The van der Waals surface area contributed by atoms with Crippen LogP contribution >= 0.6 is 11.3 Å². The van der Waals surface area contributed by atoms with Crippen molar-refractivity contribution in [2.45, 2.75) is 13.0 Å². The van der Waals surface area contributed by atoms with E-state index < -0.39 is 17.6 Å². The average molecular weight is 506 g/mol. The zero-order valence-corrected chi connectivity index (χ0v) is 20.8. The summed E-state index contributed by atoms with van der Waals surface area (Å²) in [6, 6.07) is 13.0. The van der Waals surface area contributed by atoms with Gasteiger partial charge in [-0.2, -0.15) is 5.26 Å². The number of nitrogens with two attached hydrogens (primary N) is 1. The molecule has 0 saturated carbocycles. The molecule has 0 aliphatic carbocycles. The Hall–Kier alpha value is -4.20. The molecule has 0 aliphatic heterocycles. The minimum absolute atomic E-state index is 0.00409. The molecule has 36 heavy (non-hydrogen) atoms. The molecule has 2 aromatic carbocycles. The predicted octanol–water partition coefficient (Wildman–Crippen LogP) is 4.64. The monoisotopic (exact) mass is 505 g/mol. The Kier molecular flexibility index (Phi) is 7.05. The molecule has 10 heteroatoms. The second-order valence-corrected chi connectivity index (χ2v) is 8.90. The van der Waals surface area contributed by atoms with Gasteiger partial charge in [-0.1, -0.05) is 6.07 Å². The van der Waals surface area contributed by atoms with Gasteiger partial charge >= 0.3 is 5.69 Å². The molecule has 4 aromatic rings. The molecule has 0 aliphatic rings. The molecule has 0 bridgehead atoms. The molecular formula is C26H24FN5O3S. The summed E-state index contributed by atoms with van der Waals surface area (Å²) in [6.45, 7) is 5.65. The number of aliphatic imine (C=N–C) groups is 1. The van der Waals surface area contributed by atoms with E-state index >= 15 is 4.39 Å². The molecule has 1 unspecified atom stereocenters. The molecule has 2 N–H and O–H groups in total. The fourth-order valence-corrected chi connectivity index (χ4v) is 4.75. The third-order valence-corrected chi connectivity index (χ3v) is 6.88. The van der Waals surface area contributed by atoms with E-state index in [1.807, 2.05) is 23.6 Å². The quantitative estimate of drug-likeness (QED) is 0.351. The van der Waals surface area contributed by atoms with Gasteiger partial charge in [-0.15, -0.1) is 11.3 Å². The van der Waals surface area contributed by atoms with Crippen molar-refractivity contribution in [1.82, 2.24) is 9.13 Å². The van der Waals surface area contributed by atoms with E-state index in [0.717, 1.165) is 10.9 Å². The van der Waals surface area contributed by atoms with Gasteiger partial charge in [0.25, 0.3) is 0 Å². The van der Waals surface area contributed by atoms with Gasteiger partial charge in [-0.3, -0.25) is 14.1 Å². The highest BCUT2D eigenvalue weighted by molar-refractivity contribution is 7.10. The number of imidazole rings is 1. The number of nitrogens with zero attached hydrogens (tertiary/aromatic N) is 4. The molecule has 4 rings (SSSR count). The van der Waals surface area contributed by atoms with Gasteiger partial charge in [0, 0.05) is 35.8 Å². The molecule has 0 amide bonds. The van der Waals surface area contributed by atoms with Crippen molar-refractivity contribution in [3.8, 4) is 34.5 Å². The summed E-state index contributed by atoms with van der Waals surface area (Å²) in [5.74, 6) is 0.0801. The third-order valence-electron chi connectivity index (χ3n) is 5.92. The van der Waals surface area contributed by atoms with Gasteiger partial charge in [-0.05, 0) is 49.4 Å². The van der Waals surface area contributed by atoms with Crippen LogP contribution in [0.5, 0.6) is 11.5 Å². The molecule has 1 atom stereocenters. The van der Waals surface area contributed by atoms with Gasteiger partial charge < -0.3 is 15.2 Å². The van der Waals surface area contributed by atoms with Crippen molar-refractivity contribution in [1.29, 1.82) is 5.26 Å². The highest BCUT2D eigenvalue weighted by Crippen LogP contribution is 2.43. The molecule has 0 saturated heterocycles. The van der Waals surface area contributed by atoms with E-state index in [4.69, 9.17) is 20.5 Å². The van der Waals surface area contributed by atoms with Gasteiger partial charge in [0.05, 0.1) is 35.8 Å². The van der Waals surface area contributed by atoms with Crippen LogP contribution in [-0.2, 0) is 7.05 Å². The summed E-state index contributed by atoms with van der Waals surface area (Å²) in [7, 11) is 3.11. The van der Waals surface area contributed by atoms with E-state index in [0.29, 0.717) is 34.1 Å². The molecule has 2 heterocycles. The number of hydrogen-bond donors (Lipinski definition) is 1. The summed E-state index contributed by atoms with van der Waals surface area (Å²) in [5, 5.41) is 11.1.